The van der Waals surface area contributed by atoms with E-state index in [-0.39, 0.29) is 0 Å². The zero-order valence-corrected chi connectivity index (χ0v) is 44.8. The van der Waals surface area contributed by atoms with Gasteiger partial charge in [-0.3, -0.25) is 0 Å². The Hall–Kier alpha value is 2.21. The van der Waals surface area contributed by atoms with E-state index in [4.69, 9.17) is 0 Å². The molecule has 0 saturated heterocycles. The predicted octanol–water partition coefficient (Wildman–Crippen LogP) is 18.4. The maximum atomic E-state index is 2.61. The first-order valence-electron chi connectivity index (χ1n) is 25.4. The van der Waals surface area contributed by atoms with Gasteiger partial charge in [-0.25, -0.2) is 0 Å². The number of rotatable bonds is 40. The fourth-order valence-electron chi connectivity index (χ4n) is 10.8. The van der Waals surface area contributed by atoms with Crippen LogP contribution >= 0.6 is 24.1 Å². The van der Waals surface area contributed by atoms with Crippen molar-refractivity contribution < 1.29 is 10.7 Å². The molecule has 0 rings (SSSR count). The zero-order chi connectivity index (χ0) is 40.0. The van der Waals surface area contributed by atoms with E-state index < -0.39 is 34.8 Å². The summed E-state index contributed by atoms with van der Waals surface area (Å²) < 4.78 is 0. The Labute approximate surface area is 344 Å². The molecule has 0 fully saturated rings. The van der Waals surface area contributed by atoms with E-state index in [0.717, 1.165) is 0 Å². The van der Waals surface area contributed by atoms with Gasteiger partial charge in [0.25, 0.3) is 0 Å². The summed E-state index contributed by atoms with van der Waals surface area (Å²) in [6.07, 6.45) is 58.1. The summed E-state index contributed by atoms with van der Waals surface area (Å²) in [5, 5.41) is 0. The summed E-state index contributed by atoms with van der Waals surface area (Å²) in [6.45, 7) is 31.3. The van der Waals surface area contributed by atoms with Crippen LogP contribution in [0.3, 0.4) is 0 Å². The molecule has 0 saturated carbocycles. The third-order valence-electron chi connectivity index (χ3n) is 13.6. The first kappa shape index (κ1) is 55.2. The molecule has 0 spiro atoms. The average molecular weight is 872 g/mol. The molecule has 0 heterocycles. The molecule has 0 unspecified atom stereocenters. The van der Waals surface area contributed by atoms with Gasteiger partial charge in [0.1, 0.15) is 0 Å². The van der Waals surface area contributed by atoms with E-state index in [1.165, 1.54) is 77.0 Å². The van der Waals surface area contributed by atoms with Gasteiger partial charge in [0, 0.05) is 0 Å². The van der Waals surface area contributed by atoms with Crippen LogP contribution in [0.5, 0.6) is 0 Å². The van der Waals surface area contributed by atoms with Gasteiger partial charge in [-0.1, -0.05) is 0 Å². The molecule has 0 aromatic rings. The summed E-state index contributed by atoms with van der Waals surface area (Å²) in [7, 11) is -0.922. The van der Waals surface area contributed by atoms with Crippen molar-refractivity contribution in [1.82, 2.24) is 0 Å². The van der Waals surface area contributed by atoms with Crippen LogP contribution in [-0.2, 0) is 10.7 Å². The summed E-state index contributed by atoms with van der Waals surface area (Å²) in [4.78, 5) is 0. The second-order valence-electron chi connectivity index (χ2n) is 18.1. The van der Waals surface area contributed by atoms with Gasteiger partial charge in [-0.15, -0.1) is 0 Å². The summed E-state index contributed by atoms with van der Waals surface area (Å²) in [6, 6.07) is -6.86. The first-order chi connectivity index (χ1) is 25.7. The fourth-order valence-corrected chi connectivity index (χ4v) is 160. The zero-order valence-electron chi connectivity index (χ0n) is 39.8. The van der Waals surface area contributed by atoms with Crippen LogP contribution in [0.4, 0.5) is 0 Å². The van der Waals surface area contributed by atoms with Crippen molar-refractivity contribution in [1.29, 1.82) is 0 Å². The van der Waals surface area contributed by atoms with Crippen molar-refractivity contribution in [3.8, 4) is 0 Å². The van der Waals surface area contributed by atoms with Crippen LogP contribution in [0.25, 0.3) is 0 Å². The molecule has 0 aromatic carbocycles. The molecular weight excluding hydrogens is 759 g/mol. The van der Waals surface area contributed by atoms with E-state index in [1.54, 1.807) is 151 Å². The van der Waals surface area contributed by atoms with E-state index >= 15 is 0 Å². The SMILES string of the molecule is CCCC[PH](CCCC)(CCCC)[Ni]([PH](CCCC)(CCCC)CCCC)([PH](CCCC)(CCCC)CCCC)[PH](CCCC)(CCCC)CCCC. The maximum absolute atomic E-state index is 2.61. The number of hydrogen-bond donors (Lipinski definition) is 0. The van der Waals surface area contributed by atoms with E-state index in [1.807, 2.05) is 0 Å². The van der Waals surface area contributed by atoms with Crippen molar-refractivity contribution in [3.05, 3.63) is 0 Å². The van der Waals surface area contributed by atoms with Gasteiger partial charge in [0.2, 0.25) is 0 Å². The molecule has 0 bridgehead atoms. The Morgan fingerprint density at radius 1 is 0.189 bits per heavy atom. The molecule has 53 heavy (non-hydrogen) atoms. The Balaban J connectivity index is 9.99. The second-order valence-corrected chi connectivity index (χ2v) is 62.4. The van der Waals surface area contributed by atoms with Crippen LogP contribution in [0, 0.1) is 0 Å². The van der Waals surface area contributed by atoms with Crippen molar-refractivity contribution in [3.63, 3.8) is 0 Å². The molecule has 0 aromatic heterocycles. The summed E-state index contributed by atoms with van der Waals surface area (Å²) in [5.41, 5.74) is 0. The first-order valence-corrected chi connectivity index (χ1v) is 41.0. The molecule has 0 aliphatic carbocycles. The van der Waals surface area contributed by atoms with Gasteiger partial charge >= 0.3 is 346 Å². The molecule has 0 aliphatic rings. The Kier molecular flexibility index (Phi) is 34.4. The monoisotopic (exact) mass is 871 g/mol. The van der Waals surface area contributed by atoms with Crippen LogP contribution in [-0.4, -0.2) is 73.9 Å². The molecule has 0 aliphatic heterocycles. The molecule has 0 radical (unpaired) electrons. The van der Waals surface area contributed by atoms with E-state index in [2.05, 4.69) is 83.1 Å². The van der Waals surface area contributed by atoms with Gasteiger partial charge in [0.05, 0.1) is 0 Å². The molecule has 0 N–H and O–H groups in total. The van der Waals surface area contributed by atoms with Crippen molar-refractivity contribution in [2.45, 2.75) is 237 Å². The van der Waals surface area contributed by atoms with Crippen LogP contribution in [0.1, 0.15) is 237 Å². The van der Waals surface area contributed by atoms with Crippen molar-refractivity contribution in [2.24, 2.45) is 0 Å². The molecule has 5 heteroatoms. The molecule has 0 nitrogen and oxygen atoms in total. The summed E-state index contributed by atoms with van der Waals surface area (Å²) >= 11 is 0. The van der Waals surface area contributed by atoms with Crippen molar-refractivity contribution >= 4 is 24.1 Å². The third kappa shape index (κ3) is 15.3. The van der Waals surface area contributed by atoms with E-state index in [0.29, 0.717) is 0 Å². The molecular formula is C48H112NiP4. The minimum absolute atomic E-state index is 0.922. The van der Waals surface area contributed by atoms with Crippen molar-refractivity contribution in [2.75, 3.05) is 73.9 Å². The third-order valence-corrected chi connectivity index (χ3v) is 110. The minimum atomic E-state index is -1.72. The van der Waals surface area contributed by atoms with E-state index in [9.17, 15) is 0 Å². The van der Waals surface area contributed by atoms with Gasteiger partial charge in [0.15, 0.2) is 0 Å². The summed E-state index contributed by atoms with van der Waals surface area (Å²) in [5.74, 6) is 0. The Morgan fingerprint density at radius 2 is 0.283 bits per heavy atom. The van der Waals surface area contributed by atoms with Gasteiger partial charge < -0.3 is 0 Å². The molecule has 0 atom stereocenters. The van der Waals surface area contributed by atoms with Crippen LogP contribution < -0.4 is 0 Å². The number of hydrogen-bond acceptors (Lipinski definition) is 0. The fraction of sp³-hybridized carbons (Fsp3) is 1.00. The Bertz CT molecular complexity index is 595. The molecule has 0 amide bonds. The molecule has 334 valence electrons. The van der Waals surface area contributed by atoms with Crippen LogP contribution in [0.15, 0.2) is 0 Å². The van der Waals surface area contributed by atoms with Crippen LogP contribution in [0.2, 0.25) is 0 Å². The van der Waals surface area contributed by atoms with Gasteiger partial charge in [-0.2, -0.15) is 0 Å². The van der Waals surface area contributed by atoms with Gasteiger partial charge in [-0.05, 0) is 0 Å². The topological polar surface area (TPSA) is 0 Å². The second kappa shape index (κ2) is 33.0. The number of unbranched alkanes of at least 4 members (excludes halogenated alkanes) is 12. The quantitative estimate of drug-likeness (QED) is 0.0425. The average Bonchev–Trinajstić information content (AvgIpc) is 3.18. The normalized spacial score (nSPS) is 16.1. The predicted molar refractivity (Wildman–Crippen MR) is 271 cm³/mol. The standard InChI is InChI=1S/4C12H27P.Ni/c4*1-4-7-10-13(11-8-5-2)12-9-6-3;/h4*4-12H2,1-3H3;/q;;;;-4/p+4. The Morgan fingerprint density at radius 3 is 0.358 bits per heavy atom.